The zero-order valence-electron chi connectivity index (χ0n) is 8.66. The monoisotopic (exact) mass is 182 g/mol. The topological polar surface area (TPSA) is 36.3 Å². The highest BCUT2D eigenvalue weighted by molar-refractivity contribution is 4.97. The van der Waals surface area contributed by atoms with Crippen molar-refractivity contribution < 1.29 is 4.74 Å². The van der Waals surface area contributed by atoms with Crippen LogP contribution in [0.15, 0.2) is 0 Å². The summed E-state index contributed by atoms with van der Waals surface area (Å²) in [6, 6.07) is 2.75. The van der Waals surface area contributed by atoms with E-state index in [9.17, 15) is 0 Å². The number of ether oxygens (including phenoxy) is 1. The summed E-state index contributed by atoms with van der Waals surface area (Å²) in [7, 11) is 1.65. The minimum Gasteiger partial charge on any atom is -0.382 e. The Morgan fingerprint density at radius 3 is 2.69 bits per heavy atom. The second-order valence-corrected chi connectivity index (χ2v) is 3.84. The molecule has 3 unspecified atom stereocenters. The van der Waals surface area contributed by atoms with Gasteiger partial charge in [-0.1, -0.05) is 6.92 Å². The molecular weight excluding hydrogens is 164 g/mol. The van der Waals surface area contributed by atoms with Crippen LogP contribution in [0.4, 0.5) is 0 Å². The molecule has 0 N–H and O–H groups in total. The van der Waals surface area contributed by atoms with Crippen LogP contribution in [0.2, 0.25) is 0 Å². The lowest BCUT2D eigenvalue weighted by Crippen LogP contribution is -2.40. The lowest BCUT2D eigenvalue weighted by molar-refractivity contribution is 0.108. The smallest absolute Gasteiger partial charge is 0.122 e. The van der Waals surface area contributed by atoms with Gasteiger partial charge in [0.1, 0.15) is 6.04 Å². The summed E-state index contributed by atoms with van der Waals surface area (Å²) in [5.74, 6) is 0.702. The van der Waals surface area contributed by atoms with Crippen LogP contribution in [0.25, 0.3) is 0 Å². The van der Waals surface area contributed by atoms with Gasteiger partial charge in [0.25, 0.3) is 0 Å². The van der Waals surface area contributed by atoms with Crippen molar-refractivity contribution in [3.8, 4) is 6.07 Å². The summed E-state index contributed by atoms with van der Waals surface area (Å²) in [4.78, 5) is 2.24. The third kappa shape index (κ3) is 2.20. The first-order valence-corrected chi connectivity index (χ1v) is 4.85. The first-order chi connectivity index (χ1) is 6.20. The molecule has 3 heteroatoms. The molecule has 1 heterocycles. The van der Waals surface area contributed by atoms with E-state index in [-0.39, 0.29) is 6.04 Å². The van der Waals surface area contributed by atoms with Crippen LogP contribution in [-0.2, 0) is 4.74 Å². The van der Waals surface area contributed by atoms with Gasteiger partial charge in [0.05, 0.1) is 12.7 Å². The van der Waals surface area contributed by atoms with Gasteiger partial charge >= 0.3 is 0 Å². The van der Waals surface area contributed by atoms with E-state index in [1.807, 2.05) is 0 Å². The molecule has 1 aliphatic rings. The van der Waals surface area contributed by atoms with Crippen LogP contribution in [0.3, 0.4) is 0 Å². The van der Waals surface area contributed by atoms with Gasteiger partial charge in [-0.3, -0.25) is 4.90 Å². The van der Waals surface area contributed by atoms with Gasteiger partial charge in [-0.2, -0.15) is 5.26 Å². The van der Waals surface area contributed by atoms with E-state index in [4.69, 9.17) is 10.00 Å². The van der Waals surface area contributed by atoms with E-state index in [1.165, 1.54) is 6.42 Å². The molecule has 0 spiro atoms. The van der Waals surface area contributed by atoms with Crippen molar-refractivity contribution in [3.05, 3.63) is 0 Å². The largest absolute Gasteiger partial charge is 0.382 e. The lowest BCUT2D eigenvalue weighted by Gasteiger charge is -2.27. The van der Waals surface area contributed by atoms with E-state index in [2.05, 4.69) is 24.8 Å². The van der Waals surface area contributed by atoms with Gasteiger partial charge in [0.2, 0.25) is 0 Å². The SMILES string of the molecule is COCC(C#N)N1CCC(C)C1C. The van der Waals surface area contributed by atoms with Crippen LogP contribution in [0.5, 0.6) is 0 Å². The average Bonchev–Trinajstić information content (AvgIpc) is 2.45. The number of hydrogen-bond acceptors (Lipinski definition) is 3. The molecule has 1 saturated heterocycles. The van der Waals surface area contributed by atoms with Gasteiger partial charge in [-0.25, -0.2) is 0 Å². The summed E-state index contributed by atoms with van der Waals surface area (Å²) in [5.41, 5.74) is 0. The van der Waals surface area contributed by atoms with Crippen molar-refractivity contribution in [2.75, 3.05) is 20.3 Å². The summed E-state index contributed by atoms with van der Waals surface area (Å²) < 4.78 is 5.03. The Hall–Kier alpha value is -0.590. The van der Waals surface area contributed by atoms with Crippen molar-refractivity contribution in [1.82, 2.24) is 4.90 Å². The maximum Gasteiger partial charge on any atom is 0.122 e. The molecule has 0 aromatic heterocycles. The first-order valence-electron chi connectivity index (χ1n) is 4.85. The van der Waals surface area contributed by atoms with Gasteiger partial charge < -0.3 is 4.74 Å². The molecular formula is C10H18N2O. The maximum absolute atomic E-state index is 8.95. The highest BCUT2D eigenvalue weighted by atomic mass is 16.5. The van der Waals surface area contributed by atoms with Gasteiger partial charge in [0.15, 0.2) is 0 Å². The fourth-order valence-corrected chi connectivity index (χ4v) is 1.93. The number of likely N-dealkylation sites (tertiary alicyclic amines) is 1. The van der Waals surface area contributed by atoms with E-state index in [0.29, 0.717) is 18.6 Å². The Bertz CT molecular complexity index is 200. The predicted octanol–water partition coefficient (Wildman–Crippen LogP) is 1.26. The standard InChI is InChI=1S/C10H18N2O/c1-8-4-5-12(9(8)2)10(6-11)7-13-3/h8-10H,4-5,7H2,1-3H3. The molecule has 1 fully saturated rings. The van der Waals surface area contributed by atoms with Crippen molar-refractivity contribution in [3.63, 3.8) is 0 Å². The quantitative estimate of drug-likeness (QED) is 0.659. The fourth-order valence-electron chi connectivity index (χ4n) is 1.93. The Labute approximate surface area is 80.3 Å². The fraction of sp³-hybridized carbons (Fsp3) is 0.900. The summed E-state index contributed by atoms with van der Waals surface area (Å²) in [6.45, 7) is 5.99. The molecule has 0 aromatic carbocycles. The van der Waals surface area contributed by atoms with Crippen LogP contribution in [0, 0.1) is 17.2 Å². The molecule has 74 valence electrons. The third-order valence-electron chi connectivity index (χ3n) is 3.06. The number of nitriles is 1. The minimum atomic E-state index is -0.0649. The minimum absolute atomic E-state index is 0.0649. The number of rotatable bonds is 3. The van der Waals surface area contributed by atoms with Crippen molar-refractivity contribution >= 4 is 0 Å². The van der Waals surface area contributed by atoms with Crippen LogP contribution in [0.1, 0.15) is 20.3 Å². The summed E-state index contributed by atoms with van der Waals surface area (Å²) in [5, 5.41) is 8.95. The van der Waals surface area contributed by atoms with E-state index in [0.717, 1.165) is 6.54 Å². The summed E-state index contributed by atoms with van der Waals surface area (Å²) in [6.07, 6.45) is 1.20. The molecule has 0 amide bonds. The number of hydrogen-bond donors (Lipinski definition) is 0. The maximum atomic E-state index is 8.95. The van der Waals surface area contributed by atoms with Gasteiger partial charge in [-0.15, -0.1) is 0 Å². The Balaban J connectivity index is 2.55. The molecule has 0 saturated carbocycles. The molecule has 3 atom stereocenters. The second-order valence-electron chi connectivity index (χ2n) is 3.84. The average molecular weight is 182 g/mol. The van der Waals surface area contributed by atoms with E-state index in [1.54, 1.807) is 7.11 Å². The zero-order chi connectivity index (χ0) is 9.84. The van der Waals surface area contributed by atoms with E-state index < -0.39 is 0 Å². The lowest BCUT2D eigenvalue weighted by atomic mass is 10.0. The molecule has 1 aliphatic heterocycles. The zero-order valence-corrected chi connectivity index (χ0v) is 8.66. The van der Waals surface area contributed by atoms with Crippen molar-refractivity contribution in [1.29, 1.82) is 5.26 Å². The first kappa shape index (κ1) is 10.5. The molecule has 0 bridgehead atoms. The Morgan fingerprint density at radius 2 is 2.31 bits per heavy atom. The molecule has 3 nitrogen and oxygen atoms in total. The number of methoxy groups -OCH3 is 1. The van der Waals surface area contributed by atoms with E-state index >= 15 is 0 Å². The summed E-state index contributed by atoms with van der Waals surface area (Å²) >= 11 is 0. The Kier molecular flexibility index (Phi) is 3.71. The molecule has 0 aromatic rings. The predicted molar refractivity (Wildman–Crippen MR) is 51.2 cm³/mol. The molecule has 0 aliphatic carbocycles. The second kappa shape index (κ2) is 4.59. The van der Waals surface area contributed by atoms with Crippen molar-refractivity contribution in [2.24, 2.45) is 5.92 Å². The molecule has 1 rings (SSSR count). The number of nitrogens with zero attached hydrogens (tertiary/aromatic N) is 2. The van der Waals surface area contributed by atoms with Crippen LogP contribution >= 0.6 is 0 Å². The highest BCUT2D eigenvalue weighted by Crippen LogP contribution is 2.25. The normalized spacial score (nSPS) is 31.5. The Morgan fingerprint density at radius 1 is 1.62 bits per heavy atom. The van der Waals surface area contributed by atoms with Gasteiger partial charge in [0, 0.05) is 19.7 Å². The third-order valence-corrected chi connectivity index (χ3v) is 3.06. The molecule has 13 heavy (non-hydrogen) atoms. The van der Waals surface area contributed by atoms with Crippen LogP contribution in [-0.4, -0.2) is 37.2 Å². The van der Waals surface area contributed by atoms with Gasteiger partial charge in [-0.05, 0) is 19.3 Å². The van der Waals surface area contributed by atoms with Crippen LogP contribution < -0.4 is 0 Å². The van der Waals surface area contributed by atoms with Crippen molar-refractivity contribution in [2.45, 2.75) is 32.4 Å². The highest BCUT2D eigenvalue weighted by Gasteiger charge is 2.32. The molecule has 0 radical (unpaired) electrons.